The maximum Gasteiger partial charge on any atom is 0.0736 e. The number of pyridine rings is 1. The first-order valence-corrected chi connectivity index (χ1v) is 7.09. The Morgan fingerprint density at radius 3 is 2.72 bits per heavy atom. The summed E-state index contributed by atoms with van der Waals surface area (Å²) in [6.45, 7) is 4.71. The number of hydrogen-bond acceptors (Lipinski definition) is 1. The van der Waals surface area contributed by atoms with E-state index in [1.54, 1.807) is 0 Å². The zero-order valence-corrected chi connectivity index (χ0v) is 11.3. The smallest absolute Gasteiger partial charge is 0.0736 e. The van der Waals surface area contributed by atoms with Gasteiger partial charge >= 0.3 is 0 Å². The summed E-state index contributed by atoms with van der Waals surface area (Å²) < 4.78 is 0. The van der Waals surface area contributed by atoms with E-state index in [1.807, 2.05) is 12.3 Å². The summed E-state index contributed by atoms with van der Waals surface area (Å²) in [5.41, 5.74) is 2.69. The number of hydrogen-bond donors (Lipinski definition) is 0. The van der Waals surface area contributed by atoms with Gasteiger partial charge in [-0.2, -0.15) is 0 Å². The maximum atomic E-state index is 4.60. The van der Waals surface area contributed by atoms with E-state index >= 15 is 0 Å². The highest BCUT2D eigenvalue weighted by Crippen LogP contribution is 2.42. The molecule has 1 heteroatoms. The summed E-state index contributed by atoms with van der Waals surface area (Å²) in [5.74, 6) is 2.43. The monoisotopic (exact) mass is 239 g/mol. The van der Waals surface area contributed by atoms with Crippen molar-refractivity contribution >= 4 is 10.9 Å². The molecule has 1 fully saturated rings. The van der Waals surface area contributed by atoms with Gasteiger partial charge < -0.3 is 0 Å². The first-order chi connectivity index (χ1) is 8.75. The van der Waals surface area contributed by atoms with Crippen molar-refractivity contribution in [3.8, 4) is 0 Å². The lowest BCUT2D eigenvalue weighted by atomic mass is 9.90. The van der Waals surface area contributed by atoms with E-state index in [0.29, 0.717) is 0 Å². The fraction of sp³-hybridized carbons (Fsp3) is 0.471. The van der Waals surface area contributed by atoms with E-state index in [4.69, 9.17) is 0 Å². The van der Waals surface area contributed by atoms with Gasteiger partial charge in [-0.25, -0.2) is 0 Å². The first-order valence-electron chi connectivity index (χ1n) is 7.09. The SMILES string of the molecule is CC(C)C1CCC(c2cccc3cccnc23)C1. The van der Waals surface area contributed by atoms with Gasteiger partial charge in [0.05, 0.1) is 5.52 Å². The Morgan fingerprint density at radius 1 is 1.11 bits per heavy atom. The molecular formula is C17H21N. The highest BCUT2D eigenvalue weighted by molar-refractivity contribution is 5.82. The number of fused-ring (bicyclic) bond motifs is 1. The molecule has 2 unspecified atom stereocenters. The van der Waals surface area contributed by atoms with Crippen LogP contribution in [0.5, 0.6) is 0 Å². The van der Waals surface area contributed by atoms with E-state index in [-0.39, 0.29) is 0 Å². The van der Waals surface area contributed by atoms with E-state index in [9.17, 15) is 0 Å². The minimum Gasteiger partial charge on any atom is -0.256 e. The molecule has 1 heterocycles. The van der Waals surface area contributed by atoms with Crippen LogP contribution in [0.4, 0.5) is 0 Å². The molecule has 2 aromatic rings. The largest absolute Gasteiger partial charge is 0.256 e. The Hall–Kier alpha value is -1.37. The Kier molecular flexibility index (Phi) is 3.07. The van der Waals surface area contributed by atoms with Crippen LogP contribution >= 0.6 is 0 Å². The van der Waals surface area contributed by atoms with Crippen LogP contribution < -0.4 is 0 Å². The van der Waals surface area contributed by atoms with Crippen molar-refractivity contribution in [3.63, 3.8) is 0 Å². The average Bonchev–Trinajstić information content (AvgIpc) is 2.87. The Balaban J connectivity index is 1.96. The second-order valence-corrected chi connectivity index (χ2v) is 5.94. The number of benzene rings is 1. The molecule has 0 saturated heterocycles. The second-order valence-electron chi connectivity index (χ2n) is 5.94. The standard InChI is InChI=1S/C17H21N/c1-12(2)14-8-9-15(11-14)16-7-3-5-13-6-4-10-18-17(13)16/h3-7,10,12,14-15H,8-9,11H2,1-2H3. The summed E-state index contributed by atoms with van der Waals surface area (Å²) in [5, 5.41) is 1.28. The van der Waals surface area contributed by atoms with E-state index in [2.05, 4.69) is 43.1 Å². The lowest BCUT2D eigenvalue weighted by Gasteiger charge is -2.15. The zero-order valence-electron chi connectivity index (χ0n) is 11.3. The normalized spacial score (nSPS) is 23.9. The zero-order chi connectivity index (χ0) is 12.5. The molecule has 0 amide bonds. The number of rotatable bonds is 2. The quantitative estimate of drug-likeness (QED) is 0.735. The molecule has 1 aliphatic rings. The molecule has 0 radical (unpaired) electrons. The highest BCUT2D eigenvalue weighted by Gasteiger charge is 2.28. The lowest BCUT2D eigenvalue weighted by molar-refractivity contribution is 0.392. The molecule has 3 rings (SSSR count). The molecule has 0 bridgehead atoms. The van der Waals surface area contributed by atoms with Crippen molar-refractivity contribution in [2.24, 2.45) is 11.8 Å². The molecule has 2 atom stereocenters. The third-order valence-corrected chi connectivity index (χ3v) is 4.52. The van der Waals surface area contributed by atoms with Gasteiger partial charge in [0.15, 0.2) is 0 Å². The molecule has 94 valence electrons. The van der Waals surface area contributed by atoms with Gasteiger partial charge in [0.2, 0.25) is 0 Å². The molecule has 1 aromatic heterocycles. The van der Waals surface area contributed by atoms with Crippen molar-refractivity contribution in [1.82, 2.24) is 4.98 Å². The Bertz CT molecular complexity index is 539. The fourth-order valence-corrected chi connectivity index (χ4v) is 3.36. The molecule has 18 heavy (non-hydrogen) atoms. The molecule has 0 N–H and O–H groups in total. The summed E-state index contributed by atoms with van der Waals surface area (Å²) in [4.78, 5) is 4.60. The van der Waals surface area contributed by atoms with Crippen LogP contribution in [0.15, 0.2) is 36.5 Å². The maximum absolute atomic E-state index is 4.60. The van der Waals surface area contributed by atoms with Crippen LogP contribution in [-0.2, 0) is 0 Å². The van der Waals surface area contributed by atoms with Crippen LogP contribution in [0.3, 0.4) is 0 Å². The topological polar surface area (TPSA) is 12.9 Å². The van der Waals surface area contributed by atoms with Crippen LogP contribution in [0.1, 0.15) is 44.6 Å². The fourth-order valence-electron chi connectivity index (χ4n) is 3.36. The van der Waals surface area contributed by atoms with Crippen LogP contribution in [0.2, 0.25) is 0 Å². The number of aromatic nitrogens is 1. The Morgan fingerprint density at radius 2 is 1.94 bits per heavy atom. The van der Waals surface area contributed by atoms with Crippen molar-refractivity contribution < 1.29 is 0 Å². The average molecular weight is 239 g/mol. The minimum atomic E-state index is 0.719. The van der Waals surface area contributed by atoms with Gasteiger partial charge in [-0.3, -0.25) is 4.98 Å². The van der Waals surface area contributed by atoms with Crippen molar-refractivity contribution in [2.45, 2.75) is 39.0 Å². The summed E-state index contributed by atoms with van der Waals surface area (Å²) in [6.07, 6.45) is 5.97. The number of nitrogens with zero attached hydrogens (tertiary/aromatic N) is 1. The van der Waals surface area contributed by atoms with Gasteiger partial charge in [-0.15, -0.1) is 0 Å². The van der Waals surface area contributed by atoms with Gasteiger partial charge in [0, 0.05) is 11.6 Å². The van der Waals surface area contributed by atoms with Gasteiger partial charge in [-0.05, 0) is 48.6 Å². The summed E-state index contributed by atoms with van der Waals surface area (Å²) in [7, 11) is 0. The lowest BCUT2D eigenvalue weighted by Crippen LogP contribution is -2.04. The van der Waals surface area contributed by atoms with Crippen molar-refractivity contribution in [1.29, 1.82) is 0 Å². The minimum absolute atomic E-state index is 0.719. The van der Waals surface area contributed by atoms with E-state index in [1.165, 1.54) is 35.7 Å². The molecule has 1 nitrogen and oxygen atoms in total. The number of para-hydroxylation sites is 1. The Labute approximate surface area is 109 Å². The highest BCUT2D eigenvalue weighted by atomic mass is 14.7. The van der Waals surface area contributed by atoms with Gasteiger partial charge in [0.25, 0.3) is 0 Å². The summed E-state index contributed by atoms with van der Waals surface area (Å²) >= 11 is 0. The second kappa shape index (κ2) is 4.72. The van der Waals surface area contributed by atoms with E-state index in [0.717, 1.165) is 17.8 Å². The van der Waals surface area contributed by atoms with Crippen LogP contribution in [-0.4, -0.2) is 4.98 Å². The molecule has 1 saturated carbocycles. The predicted octanol–water partition coefficient (Wildman–Crippen LogP) is 4.77. The molecule has 0 aliphatic heterocycles. The molecule has 1 aromatic carbocycles. The van der Waals surface area contributed by atoms with Crippen molar-refractivity contribution in [2.75, 3.05) is 0 Å². The molecule has 0 spiro atoms. The van der Waals surface area contributed by atoms with E-state index < -0.39 is 0 Å². The molecular weight excluding hydrogens is 218 g/mol. The van der Waals surface area contributed by atoms with Gasteiger partial charge in [0.1, 0.15) is 0 Å². The third kappa shape index (κ3) is 2.03. The third-order valence-electron chi connectivity index (χ3n) is 4.52. The molecule has 1 aliphatic carbocycles. The van der Waals surface area contributed by atoms with Crippen molar-refractivity contribution in [3.05, 3.63) is 42.1 Å². The van der Waals surface area contributed by atoms with Crippen LogP contribution in [0, 0.1) is 11.8 Å². The first kappa shape index (κ1) is 11.7. The van der Waals surface area contributed by atoms with Gasteiger partial charge in [-0.1, -0.05) is 38.1 Å². The van der Waals surface area contributed by atoms with Crippen LogP contribution in [0.25, 0.3) is 10.9 Å². The summed E-state index contributed by atoms with van der Waals surface area (Å²) in [6, 6.07) is 10.8. The predicted molar refractivity (Wildman–Crippen MR) is 76.7 cm³/mol.